The van der Waals surface area contributed by atoms with Gasteiger partial charge in [0.05, 0.1) is 0 Å². The largest absolute Gasteiger partial charge is 0.365 e. The molecule has 2 aliphatic rings. The molecule has 0 radical (unpaired) electrons. The molecular weight excluding hydrogens is 263 g/mol. The van der Waals surface area contributed by atoms with Gasteiger partial charge in [0.1, 0.15) is 5.82 Å². The van der Waals surface area contributed by atoms with Crippen molar-refractivity contribution < 1.29 is 4.39 Å². The minimum Gasteiger partial charge on any atom is -0.365 e. The SMILES string of the molecule is Cc1cc(F)cc(N2CC3CCCCN3CC2C(C)C)c1. The molecule has 2 nitrogen and oxygen atoms in total. The Balaban J connectivity index is 1.89. The fourth-order valence-electron chi connectivity index (χ4n) is 3.96. The number of piperidine rings is 1. The molecule has 0 saturated carbocycles. The highest BCUT2D eigenvalue weighted by Crippen LogP contribution is 2.31. The first kappa shape index (κ1) is 14.8. The van der Waals surface area contributed by atoms with Crippen LogP contribution < -0.4 is 4.90 Å². The van der Waals surface area contributed by atoms with Gasteiger partial charge in [-0.25, -0.2) is 4.39 Å². The van der Waals surface area contributed by atoms with Crippen LogP contribution in [0.1, 0.15) is 38.7 Å². The summed E-state index contributed by atoms with van der Waals surface area (Å²) in [5.41, 5.74) is 2.08. The number of fused-ring (bicyclic) bond motifs is 1. The first-order valence-corrected chi connectivity index (χ1v) is 8.32. The van der Waals surface area contributed by atoms with Crippen LogP contribution >= 0.6 is 0 Å². The lowest BCUT2D eigenvalue weighted by molar-refractivity contribution is 0.100. The molecule has 0 N–H and O–H groups in total. The maximum absolute atomic E-state index is 13.8. The van der Waals surface area contributed by atoms with Gasteiger partial charge in [-0.1, -0.05) is 20.3 Å². The average Bonchev–Trinajstić information content (AvgIpc) is 2.44. The maximum Gasteiger partial charge on any atom is 0.125 e. The molecule has 2 unspecified atom stereocenters. The Morgan fingerprint density at radius 2 is 1.95 bits per heavy atom. The third-order valence-corrected chi connectivity index (χ3v) is 5.11. The number of nitrogens with zero attached hydrogens (tertiary/aromatic N) is 2. The van der Waals surface area contributed by atoms with Crippen LogP contribution in [0.25, 0.3) is 0 Å². The molecule has 0 aliphatic carbocycles. The summed E-state index contributed by atoms with van der Waals surface area (Å²) in [6.45, 7) is 9.96. The van der Waals surface area contributed by atoms with E-state index in [1.54, 1.807) is 12.1 Å². The van der Waals surface area contributed by atoms with Crippen LogP contribution in [0, 0.1) is 18.7 Å². The molecule has 21 heavy (non-hydrogen) atoms. The van der Waals surface area contributed by atoms with Gasteiger partial charge in [0.25, 0.3) is 0 Å². The van der Waals surface area contributed by atoms with E-state index in [0.717, 1.165) is 24.3 Å². The second-order valence-corrected chi connectivity index (χ2v) is 7.10. The summed E-state index contributed by atoms with van der Waals surface area (Å²) in [6, 6.07) is 6.60. The lowest BCUT2D eigenvalue weighted by atomic mass is 9.91. The summed E-state index contributed by atoms with van der Waals surface area (Å²) >= 11 is 0. The number of rotatable bonds is 2. The first-order valence-electron chi connectivity index (χ1n) is 8.32. The molecule has 0 bridgehead atoms. The van der Waals surface area contributed by atoms with E-state index in [2.05, 4.69) is 29.7 Å². The molecule has 1 aromatic carbocycles. The van der Waals surface area contributed by atoms with E-state index < -0.39 is 0 Å². The standard InChI is InChI=1S/C18H27FN2/c1-13(2)18-12-20-7-5-4-6-16(20)11-21(18)17-9-14(3)8-15(19)10-17/h8-10,13,16,18H,4-7,11-12H2,1-3H3. The molecule has 2 aliphatic heterocycles. The molecule has 2 saturated heterocycles. The fraction of sp³-hybridized carbons (Fsp3) is 0.667. The molecule has 1 aromatic rings. The number of hydrogen-bond acceptors (Lipinski definition) is 2. The molecule has 2 atom stereocenters. The van der Waals surface area contributed by atoms with Gasteiger partial charge in [0.15, 0.2) is 0 Å². The van der Waals surface area contributed by atoms with E-state index in [4.69, 9.17) is 0 Å². The zero-order chi connectivity index (χ0) is 15.0. The Labute approximate surface area is 127 Å². The van der Waals surface area contributed by atoms with Gasteiger partial charge in [-0.15, -0.1) is 0 Å². The van der Waals surface area contributed by atoms with Gasteiger partial charge in [-0.05, 0) is 56.0 Å². The number of halogens is 1. The van der Waals surface area contributed by atoms with E-state index in [9.17, 15) is 4.39 Å². The topological polar surface area (TPSA) is 6.48 Å². The van der Waals surface area contributed by atoms with Crippen LogP contribution in [0.3, 0.4) is 0 Å². The molecule has 3 heteroatoms. The van der Waals surface area contributed by atoms with Gasteiger partial charge < -0.3 is 4.90 Å². The predicted molar refractivity (Wildman–Crippen MR) is 86.3 cm³/mol. The number of anilines is 1. The second-order valence-electron chi connectivity index (χ2n) is 7.10. The minimum absolute atomic E-state index is 0.112. The molecule has 3 rings (SSSR count). The molecule has 2 fully saturated rings. The van der Waals surface area contributed by atoms with Crippen LogP contribution in [0.2, 0.25) is 0 Å². The zero-order valence-electron chi connectivity index (χ0n) is 13.5. The van der Waals surface area contributed by atoms with Crippen molar-refractivity contribution in [2.75, 3.05) is 24.5 Å². The molecule has 2 heterocycles. The van der Waals surface area contributed by atoms with Crippen LogP contribution in [-0.2, 0) is 0 Å². The molecule has 0 spiro atoms. The van der Waals surface area contributed by atoms with Crippen molar-refractivity contribution in [2.45, 2.75) is 52.1 Å². The number of benzene rings is 1. The maximum atomic E-state index is 13.8. The Kier molecular flexibility index (Phi) is 4.21. The molecule has 0 amide bonds. The fourth-order valence-corrected chi connectivity index (χ4v) is 3.96. The van der Waals surface area contributed by atoms with Crippen molar-refractivity contribution >= 4 is 5.69 Å². The summed E-state index contributed by atoms with van der Waals surface area (Å²) in [4.78, 5) is 5.13. The van der Waals surface area contributed by atoms with Gasteiger partial charge in [0.2, 0.25) is 0 Å². The minimum atomic E-state index is -0.112. The van der Waals surface area contributed by atoms with Crippen molar-refractivity contribution in [3.63, 3.8) is 0 Å². The van der Waals surface area contributed by atoms with E-state index in [0.29, 0.717) is 18.0 Å². The summed E-state index contributed by atoms with van der Waals surface area (Å²) in [6.07, 6.45) is 3.96. The van der Waals surface area contributed by atoms with E-state index in [1.165, 1.54) is 25.8 Å². The van der Waals surface area contributed by atoms with E-state index in [1.807, 2.05) is 6.92 Å². The lowest BCUT2D eigenvalue weighted by Crippen LogP contribution is -2.61. The van der Waals surface area contributed by atoms with Crippen molar-refractivity contribution in [2.24, 2.45) is 5.92 Å². The van der Waals surface area contributed by atoms with Gasteiger partial charge in [-0.2, -0.15) is 0 Å². The first-order chi connectivity index (χ1) is 10.0. The number of hydrogen-bond donors (Lipinski definition) is 0. The highest BCUT2D eigenvalue weighted by Gasteiger charge is 2.36. The van der Waals surface area contributed by atoms with E-state index in [-0.39, 0.29) is 5.82 Å². The molecule has 0 aromatic heterocycles. The highest BCUT2D eigenvalue weighted by molar-refractivity contribution is 5.51. The number of piperazine rings is 1. The Morgan fingerprint density at radius 1 is 1.14 bits per heavy atom. The lowest BCUT2D eigenvalue weighted by Gasteiger charge is -2.50. The van der Waals surface area contributed by atoms with Crippen molar-refractivity contribution in [1.29, 1.82) is 0 Å². The monoisotopic (exact) mass is 290 g/mol. The quantitative estimate of drug-likeness (QED) is 0.816. The van der Waals surface area contributed by atoms with Crippen LogP contribution in [0.15, 0.2) is 18.2 Å². The smallest absolute Gasteiger partial charge is 0.125 e. The van der Waals surface area contributed by atoms with Crippen LogP contribution in [-0.4, -0.2) is 36.6 Å². The average molecular weight is 290 g/mol. The third-order valence-electron chi connectivity index (χ3n) is 5.11. The zero-order valence-corrected chi connectivity index (χ0v) is 13.5. The Hall–Kier alpha value is -1.09. The second kappa shape index (κ2) is 5.96. The van der Waals surface area contributed by atoms with Crippen LogP contribution in [0.5, 0.6) is 0 Å². The van der Waals surface area contributed by atoms with Crippen molar-refractivity contribution in [1.82, 2.24) is 4.90 Å². The van der Waals surface area contributed by atoms with E-state index >= 15 is 0 Å². The third kappa shape index (κ3) is 3.08. The van der Waals surface area contributed by atoms with Gasteiger partial charge in [0, 0.05) is 30.9 Å². The van der Waals surface area contributed by atoms with Crippen molar-refractivity contribution in [3.8, 4) is 0 Å². The summed E-state index contributed by atoms with van der Waals surface area (Å²) in [5, 5.41) is 0. The summed E-state index contributed by atoms with van der Waals surface area (Å²) in [5.74, 6) is 0.468. The van der Waals surface area contributed by atoms with Crippen LogP contribution in [0.4, 0.5) is 10.1 Å². The Bertz CT molecular complexity index is 480. The normalized spacial score (nSPS) is 27.0. The molecule has 116 valence electrons. The highest BCUT2D eigenvalue weighted by atomic mass is 19.1. The number of aryl methyl sites for hydroxylation is 1. The van der Waals surface area contributed by atoms with Gasteiger partial charge in [-0.3, -0.25) is 4.90 Å². The summed E-state index contributed by atoms with van der Waals surface area (Å²) < 4.78 is 13.8. The summed E-state index contributed by atoms with van der Waals surface area (Å²) in [7, 11) is 0. The predicted octanol–water partition coefficient (Wildman–Crippen LogP) is 3.83. The van der Waals surface area contributed by atoms with Gasteiger partial charge >= 0.3 is 0 Å². The Morgan fingerprint density at radius 3 is 2.67 bits per heavy atom. The van der Waals surface area contributed by atoms with Crippen molar-refractivity contribution in [3.05, 3.63) is 29.6 Å². The molecular formula is C18H27FN2.